The van der Waals surface area contributed by atoms with Gasteiger partial charge in [-0.15, -0.1) is 0 Å². The highest BCUT2D eigenvalue weighted by atomic mass is 32.2. The Bertz CT molecular complexity index is 470. The quantitative estimate of drug-likeness (QED) is 0.846. The van der Waals surface area contributed by atoms with Crippen LogP contribution in [-0.2, 0) is 10.0 Å². The topological polar surface area (TPSA) is 86.3 Å². The van der Waals surface area contributed by atoms with Gasteiger partial charge >= 0.3 is 0 Å². The Labute approximate surface area is 107 Å². The molecule has 0 aliphatic carbocycles. The molecule has 18 heavy (non-hydrogen) atoms. The van der Waals surface area contributed by atoms with Crippen LogP contribution in [0.4, 0.5) is 0 Å². The van der Waals surface area contributed by atoms with Crippen molar-refractivity contribution in [1.82, 2.24) is 14.5 Å². The molecule has 6 nitrogen and oxygen atoms in total. The molecule has 2 heterocycles. The van der Waals surface area contributed by atoms with E-state index in [0.29, 0.717) is 13.0 Å². The Hall–Kier alpha value is -0.920. The van der Waals surface area contributed by atoms with Crippen molar-refractivity contribution in [1.29, 1.82) is 0 Å². The summed E-state index contributed by atoms with van der Waals surface area (Å²) in [5.41, 5.74) is 0. The number of H-pyrrole nitrogens is 1. The van der Waals surface area contributed by atoms with Gasteiger partial charge in [0.25, 0.3) is 0 Å². The van der Waals surface area contributed by atoms with Crippen LogP contribution in [0.2, 0.25) is 0 Å². The summed E-state index contributed by atoms with van der Waals surface area (Å²) < 4.78 is 26.4. The molecule has 0 amide bonds. The van der Waals surface area contributed by atoms with Crippen molar-refractivity contribution in [3.8, 4) is 0 Å². The van der Waals surface area contributed by atoms with Gasteiger partial charge in [-0.3, -0.25) is 5.10 Å². The number of aromatic amines is 1. The second kappa shape index (κ2) is 5.38. The van der Waals surface area contributed by atoms with Crippen LogP contribution in [0.3, 0.4) is 0 Å². The minimum absolute atomic E-state index is 0.112. The minimum Gasteiger partial charge on any atom is -0.393 e. The summed E-state index contributed by atoms with van der Waals surface area (Å²) >= 11 is 0. The molecule has 102 valence electrons. The molecular formula is C11H19N3O3S. The predicted octanol–water partition coefficient (Wildman–Crippen LogP) is 0.724. The molecule has 1 aromatic rings. The Balaban J connectivity index is 2.23. The van der Waals surface area contributed by atoms with Crippen molar-refractivity contribution in [3.63, 3.8) is 0 Å². The van der Waals surface area contributed by atoms with Crippen molar-refractivity contribution in [2.75, 3.05) is 6.54 Å². The molecule has 2 unspecified atom stereocenters. The van der Waals surface area contributed by atoms with Gasteiger partial charge in [-0.25, -0.2) is 8.42 Å². The van der Waals surface area contributed by atoms with Crippen LogP contribution < -0.4 is 0 Å². The van der Waals surface area contributed by atoms with Gasteiger partial charge in [-0.2, -0.15) is 9.40 Å². The zero-order chi connectivity index (χ0) is 13.2. The highest BCUT2D eigenvalue weighted by Crippen LogP contribution is 2.27. The zero-order valence-corrected chi connectivity index (χ0v) is 11.2. The molecule has 0 radical (unpaired) electrons. The fourth-order valence-electron chi connectivity index (χ4n) is 2.44. The molecule has 1 aromatic heterocycles. The lowest BCUT2D eigenvalue weighted by atomic mass is 10.00. The maximum absolute atomic E-state index is 12.4. The van der Waals surface area contributed by atoms with Crippen LogP contribution in [0.25, 0.3) is 0 Å². The van der Waals surface area contributed by atoms with Crippen LogP contribution in [0, 0.1) is 0 Å². The van der Waals surface area contributed by atoms with Gasteiger partial charge in [0, 0.05) is 18.8 Å². The first-order valence-corrected chi connectivity index (χ1v) is 7.64. The third-order valence-electron chi connectivity index (χ3n) is 3.27. The molecule has 1 saturated heterocycles. The van der Waals surface area contributed by atoms with E-state index in [2.05, 4.69) is 10.2 Å². The van der Waals surface area contributed by atoms with Crippen LogP contribution in [0.1, 0.15) is 32.6 Å². The summed E-state index contributed by atoms with van der Waals surface area (Å²) in [6.45, 7) is 2.21. The lowest BCUT2D eigenvalue weighted by molar-refractivity contribution is 0.132. The van der Waals surface area contributed by atoms with Gasteiger partial charge in [0.05, 0.1) is 12.3 Å². The van der Waals surface area contributed by atoms with Crippen molar-refractivity contribution in [2.24, 2.45) is 0 Å². The van der Waals surface area contributed by atoms with Crippen molar-refractivity contribution in [2.45, 2.75) is 49.6 Å². The number of aromatic nitrogens is 2. The number of piperidine rings is 1. The van der Waals surface area contributed by atoms with Gasteiger partial charge in [-0.1, -0.05) is 6.42 Å². The van der Waals surface area contributed by atoms with Crippen LogP contribution in [0.5, 0.6) is 0 Å². The molecule has 0 aromatic carbocycles. The molecule has 1 aliphatic heterocycles. The van der Waals surface area contributed by atoms with E-state index in [0.717, 1.165) is 19.3 Å². The van der Waals surface area contributed by atoms with E-state index >= 15 is 0 Å². The highest BCUT2D eigenvalue weighted by molar-refractivity contribution is 7.89. The second-order valence-electron chi connectivity index (χ2n) is 4.78. The standard InChI is InChI=1S/C11H19N3O3S/c1-9(15)6-10-4-2-3-5-14(10)18(16,17)11-7-12-13-8-11/h7-10,15H,2-6H2,1H3,(H,12,13). The Morgan fingerprint density at radius 1 is 1.61 bits per heavy atom. The first-order chi connectivity index (χ1) is 8.51. The number of aliphatic hydroxyl groups excluding tert-OH is 1. The number of nitrogens with one attached hydrogen (secondary N) is 1. The number of sulfonamides is 1. The number of hydrogen-bond donors (Lipinski definition) is 2. The van der Waals surface area contributed by atoms with E-state index in [-0.39, 0.29) is 10.9 Å². The van der Waals surface area contributed by atoms with Gasteiger partial charge < -0.3 is 5.11 Å². The van der Waals surface area contributed by atoms with E-state index in [1.165, 1.54) is 16.7 Å². The monoisotopic (exact) mass is 273 g/mol. The summed E-state index contributed by atoms with van der Waals surface area (Å²) in [5, 5.41) is 15.7. The van der Waals surface area contributed by atoms with Crippen LogP contribution in [0.15, 0.2) is 17.3 Å². The maximum atomic E-state index is 12.4. The molecule has 7 heteroatoms. The van der Waals surface area contributed by atoms with E-state index in [1.807, 2.05) is 0 Å². The molecule has 1 aliphatic rings. The lowest BCUT2D eigenvalue weighted by Crippen LogP contribution is -2.44. The van der Waals surface area contributed by atoms with Crippen molar-refractivity contribution in [3.05, 3.63) is 12.4 Å². The summed E-state index contributed by atoms with van der Waals surface area (Å²) in [6, 6.07) is -0.112. The Kier molecular flexibility index (Phi) is 4.04. The molecule has 0 spiro atoms. The van der Waals surface area contributed by atoms with E-state index < -0.39 is 16.1 Å². The van der Waals surface area contributed by atoms with E-state index in [1.54, 1.807) is 6.92 Å². The Morgan fingerprint density at radius 3 is 3.00 bits per heavy atom. The average molecular weight is 273 g/mol. The number of aliphatic hydroxyl groups is 1. The number of nitrogens with zero attached hydrogens (tertiary/aromatic N) is 2. The van der Waals surface area contributed by atoms with Gasteiger partial charge in [0.1, 0.15) is 4.90 Å². The van der Waals surface area contributed by atoms with E-state index in [4.69, 9.17) is 0 Å². The molecule has 2 rings (SSSR count). The van der Waals surface area contributed by atoms with Gasteiger partial charge in [0.2, 0.25) is 10.0 Å². The largest absolute Gasteiger partial charge is 0.393 e. The van der Waals surface area contributed by atoms with Crippen LogP contribution >= 0.6 is 0 Å². The highest BCUT2D eigenvalue weighted by Gasteiger charge is 2.34. The summed E-state index contributed by atoms with van der Waals surface area (Å²) in [6.07, 6.45) is 5.39. The minimum atomic E-state index is -3.49. The van der Waals surface area contributed by atoms with Crippen LogP contribution in [-0.4, -0.2) is 46.7 Å². The van der Waals surface area contributed by atoms with Gasteiger partial charge in [0.15, 0.2) is 0 Å². The SMILES string of the molecule is CC(O)CC1CCCCN1S(=O)(=O)c1cn[nH]c1. The predicted molar refractivity (Wildman–Crippen MR) is 66.4 cm³/mol. The summed E-state index contributed by atoms with van der Waals surface area (Å²) in [7, 11) is -3.49. The normalized spacial score (nSPS) is 24.0. The fraction of sp³-hybridized carbons (Fsp3) is 0.727. The molecule has 0 bridgehead atoms. The third-order valence-corrected chi connectivity index (χ3v) is 5.18. The molecule has 0 saturated carbocycles. The number of hydrogen-bond acceptors (Lipinski definition) is 4. The Morgan fingerprint density at radius 2 is 2.39 bits per heavy atom. The first-order valence-electron chi connectivity index (χ1n) is 6.20. The molecule has 1 fully saturated rings. The van der Waals surface area contributed by atoms with Crippen molar-refractivity contribution >= 4 is 10.0 Å². The second-order valence-corrected chi connectivity index (χ2v) is 6.67. The molecular weight excluding hydrogens is 254 g/mol. The van der Waals surface area contributed by atoms with Crippen molar-refractivity contribution < 1.29 is 13.5 Å². The fourth-order valence-corrected chi connectivity index (χ4v) is 4.05. The third kappa shape index (κ3) is 2.73. The zero-order valence-electron chi connectivity index (χ0n) is 10.4. The average Bonchev–Trinajstić information content (AvgIpc) is 2.82. The summed E-state index contributed by atoms with van der Waals surface area (Å²) in [5.74, 6) is 0. The molecule has 2 atom stereocenters. The summed E-state index contributed by atoms with van der Waals surface area (Å²) in [4.78, 5) is 0.194. The van der Waals surface area contributed by atoms with Gasteiger partial charge in [-0.05, 0) is 26.2 Å². The maximum Gasteiger partial charge on any atom is 0.246 e. The smallest absolute Gasteiger partial charge is 0.246 e. The molecule has 2 N–H and O–H groups in total. The number of rotatable bonds is 4. The first kappa shape index (κ1) is 13.5. The van der Waals surface area contributed by atoms with E-state index in [9.17, 15) is 13.5 Å². The lowest BCUT2D eigenvalue weighted by Gasteiger charge is -2.35.